The van der Waals surface area contributed by atoms with Gasteiger partial charge in [-0.15, -0.1) is 6.58 Å². The van der Waals surface area contributed by atoms with Crippen molar-refractivity contribution in [3.63, 3.8) is 0 Å². The quantitative estimate of drug-likeness (QED) is 0.0236. The average molecular weight is 782 g/mol. The van der Waals surface area contributed by atoms with E-state index >= 15 is 0 Å². The van der Waals surface area contributed by atoms with Gasteiger partial charge in [0.2, 0.25) is 0 Å². The molecule has 0 radical (unpaired) electrons. The normalized spacial score (nSPS) is 14.2. The topological polar surface area (TPSA) is 172 Å². The number of carboxylic acids is 1. The lowest BCUT2D eigenvalue weighted by atomic mass is 10.0. The van der Waals surface area contributed by atoms with Gasteiger partial charge in [-0.3, -0.25) is 23.4 Å². The Bertz CT molecular complexity index is 1140. The molecule has 12 heteroatoms. The summed E-state index contributed by atoms with van der Waals surface area (Å²) in [4.78, 5) is 45.8. The summed E-state index contributed by atoms with van der Waals surface area (Å²) in [6.45, 7) is 4.15. The van der Waals surface area contributed by atoms with Gasteiger partial charge in [0.1, 0.15) is 12.6 Å². The number of carbonyl (C=O) groups is 3. The zero-order valence-corrected chi connectivity index (χ0v) is 34.0. The van der Waals surface area contributed by atoms with Crippen LogP contribution in [0.4, 0.5) is 0 Å². The van der Waals surface area contributed by atoms with Gasteiger partial charge < -0.3 is 25.2 Å². The minimum atomic E-state index is -4.73. The highest BCUT2D eigenvalue weighted by Gasteiger charge is 2.28. The Morgan fingerprint density at radius 2 is 1.07 bits per heavy atom. The van der Waals surface area contributed by atoms with Gasteiger partial charge >= 0.3 is 25.7 Å². The molecule has 0 aromatic carbocycles. The molecule has 0 aliphatic carbocycles. The lowest BCUT2D eigenvalue weighted by molar-refractivity contribution is -0.161. The molecule has 0 saturated heterocycles. The number of carboxylic acid groups (broad SMARTS) is 1. The van der Waals surface area contributed by atoms with E-state index in [1.807, 2.05) is 6.08 Å². The molecule has 0 bridgehead atoms. The number of phosphoric acid groups is 1. The summed E-state index contributed by atoms with van der Waals surface area (Å²) in [5.74, 6) is -2.44. The van der Waals surface area contributed by atoms with Crippen LogP contribution in [0.1, 0.15) is 155 Å². The zero-order valence-electron chi connectivity index (χ0n) is 33.1. The maximum absolute atomic E-state index is 12.6. The number of esters is 2. The molecule has 0 aromatic heterocycles. The highest BCUT2D eigenvalue weighted by atomic mass is 31.2. The predicted octanol–water partition coefficient (Wildman–Crippen LogP) is 10.4. The van der Waals surface area contributed by atoms with Crippen molar-refractivity contribution < 1.29 is 47.5 Å². The fourth-order valence-electron chi connectivity index (χ4n) is 5.21. The SMILES string of the molecule is C=CCCCCCCCCCCCCCCCC(=O)OC[C@H](COP(=O)(O)OC[C@H](N)C(=O)O)OC(=O)CCCC/C=C/C/C=C/C/C=C/C/C=C/CC. The van der Waals surface area contributed by atoms with Crippen LogP contribution in [0, 0.1) is 0 Å². The van der Waals surface area contributed by atoms with E-state index in [2.05, 4.69) is 66.6 Å². The minimum Gasteiger partial charge on any atom is -0.480 e. The van der Waals surface area contributed by atoms with Crippen molar-refractivity contribution in [2.45, 2.75) is 167 Å². The van der Waals surface area contributed by atoms with E-state index in [9.17, 15) is 23.8 Å². The summed E-state index contributed by atoms with van der Waals surface area (Å²) in [5.41, 5.74) is 5.32. The minimum absolute atomic E-state index is 0.106. The summed E-state index contributed by atoms with van der Waals surface area (Å²) in [7, 11) is -4.73. The Kier molecular flexibility index (Phi) is 35.2. The van der Waals surface area contributed by atoms with Gasteiger partial charge in [0.05, 0.1) is 13.2 Å². The number of ether oxygens (including phenoxy) is 2. The van der Waals surface area contributed by atoms with Crippen molar-refractivity contribution in [1.82, 2.24) is 0 Å². The molecule has 0 saturated carbocycles. The number of hydrogen-bond donors (Lipinski definition) is 3. The monoisotopic (exact) mass is 781 g/mol. The van der Waals surface area contributed by atoms with E-state index in [1.54, 1.807) is 0 Å². The number of unbranched alkanes of at least 4 members (excludes halogenated alkanes) is 15. The van der Waals surface area contributed by atoms with Crippen LogP contribution in [0.5, 0.6) is 0 Å². The fourth-order valence-corrected chi connectivity index (χ4v) is 5.99. The van der Waals surface area contributed by atoms with Crippen molar-refractivity contribution in [3.05, 3.63) is 61.3 Å². The third-order valence-corrected chi connectivity index (χ3v) is 9.35. The summed E-state index contributed by atoms with van der Waals surface area (Å²) in [6.07, 6.45) is 40.4. The molecule has 3 atom stereocenters. The number of aliphatic carboxylic acids is 1. The van der Waals surface area contributed by atoms with E-state index < -0.39 is 51.1 Å². The van der Waals surface area contributed by atoms with Crippen LogP contribution in [-0.4, -0.2) is 59.9 Å². The van der Waals surface area contributed by atoms with Gasteiger partial charge in [-0.25, -0.2) is 4.57 Å². The predicted molar refractivity (Wildman–Crippen MR) is 217 cm³/mol. The molecule has 0 aliphatic heterocycles. The number of hydrogen-bond acceptors (Lipinski definition) is 9. The van der Waals surface area contributed by atoms with Crippen molar-refractivity contribution in [2.75, 3.05) is 19.8 Å². The van der Waals surface area contributed by atoms with Crippen LogP contribution in [0.15, 0.2) is 61.3 Å². The summed E-state index contributed by atoms with van der Waals surface area (Å²) < 4.78 is 32.6. The van der Waals surface area contributed by atoms with Crippen molar-refractivity contribution in [3.8, 4) is 0 Å². The zero-order chi connectivity index (χ0) is 40.0. The number of nitrogens with two attached hydrogens (primary N) is 1. The lowest BCUT2D eigenvalue weighted by Crippen LogP contribution is -2.34. The Morgan fingerprint density at radius 3 is 1.61 bits per heavy atom. The van der Waals surface area contributed by atoms with E-state index in [0.29, 0.717) is 12.8 Å². The van der Waals surface area contributed by atoms with Gasteiger partial charge in [-0.2, -0.15) is 0 Å². The van der Waals surface area contributed by atoms with Gasteiger partial charge in [0.15, 0.2) is 6.10 Å². The van der Waals surface area contributed by atoms with Crippen molar-refractivity contribution in [1.29, 1.82) is 0 Å². The van der Waals surface area contributed by atoms with Crippen LogP contribution in [-0.2, 0) is 37.5 Å². The van der Waals surface area contributed by atoms with Crippen LogP contribution in [0.25, 0.3) is 0 Å². The summed E-state index contributed by atoms with van der Waals surface area (Å²) in [6, 6.07) is -1.53. The first-order valence-corrected chi connectivity index (χ1v) is 21.8. The first kappa shape index (κ1) is 51.2. The molecular formula is C42H72NO10P. The van der Waals surface area contributed by atoms with Crippen molar-refractivity contribution in [2.24, 2.45) is 5.73 Å². The van der Waals surface area contributed by atoms with Gasteiger partial charge in [-0.1, -0.05) is 132 Å². The van der Waals surface area contributed by atoms with Crippen LogP contribution < -0.4 is 5.73 Å². The fraction of sp³-hybridized carbons (Fsp3) is 0.690. The van der Waals surface area contributed by atoms with Gasteiger partial charge in [0, 0.05) is 12.8 Å². The molecule has 0 spiro atoms. The average Bonchev–Trinajstić information content (AvgIpc) is 3.14. The molecule has 0 amide bonds. The number of allylic oxidation sites excluding steroid dienone is 9. The molecule has 0 heterocycles. The number of carbonyl (C=O) groups excluding carboxylic acids is 2. The second-order valence-corrected chi connectivity index (χ2v) is 14.9. The molecule has 1 unspecified atom stereocenters. The smallest absolute Gasteiger partial charge is 0.472 e. The molecule has 310 valence electrons. The standard InChI is InChI=1S/C42H72NO10P/c1-3-5-7-9-11-13-15-17-19-21-23-25-27-29-31-33-40(44)50-35-38(36-51-54(48,49)52-37-39(43)42(46)47)53-41(45)34-32-30-28-26-24-22-20-18-16-14-12-10-8-6-4-2/h3,6,8,12,14,18,20,24,26,38-39H,1,4-5,7,9-11,13,15-17,19,21-23,25,27-37,43H2,2H3,(H,46,47)(H,48,49)/b8-6+,14-12+,20-18+,26-24+/t38-,39+/m1/s1. The Balaban J connectivity index is 4.46. The molecule has 4 N–H and O–H groups in total. The third kappa shape index (κ3) is 36.2. The highest BCUT2D eigenvalue weighted by molar-refractivity contribution is 7.47. The van der Waals surface area contributed by atoms with E-state index in [4.69, 9.17) is 24.8 Å². The molecule has 0 aromatic rings. The van der Waals surface area contributed by atoms with E-state index in [0.717, 1.165) is 64.2 Å². The highest BCUT2D eigenvalue weighted by Crippen LogP contribution is 2.43. The Labute approximate surface area is 326 Å². The molecule has 0 aliphatic rings. The maximum Gasteiger partial charge on any atom is 0.472 e. The van der Waals surface area contributed by atoms with E-state index in [1.165, 1.54) is 57.8 Å². The molecule has 11 nitrogen and oxygen atoms in total. The van der Waals surface area contributed by atoms with Crippen molar-refractivity contribution >= 4 is 25.7 Å². The van der Waals surface area contributed by atoms with Crippen LogP contribution in [0.2, 0.25) is 0 Å². The molecule has 0 rings (SSSR count). The number of phosphoric ester groups is 1. The van der Waals surface area contributed by atoms with Gasteiger partial charge in [0.25, 0.3) is 0 Å². The summed E-state index contributed by atoms with van der Waals surface area (Å²) in [5, 5.41) is 8.87. The van der Waals surface area contributed by atoms with Gasteiger partial charge in [-0.05, 0) is 64.2 Å². The maximum atomic E-state index is 12.6. The molecule has 0 fully saturated rings. The third-order valence-electron chi connectivity index (χ3n) is 8.40. The largest absolute Gasteiger partial charge is 0.480 e. The lowest BCUT2D eigenvalue weighted by Gasteiger charge is -2.20. The second-order valence-electron chi connectivity index (χ2n) is 13.5. The Hall–Kier alpha value is -2.82. The first-order valence-electron chi connectivity index (χ1n) is 20.3. The first-order chi connectivity index (χ1) is 26.1. The molecular weight excluding hydrogens is 709 g/mol. The van der Waals surface area contributed by atoms with Crippen LogP contribution in [0.3, 0.4) is 0 Å². The van der Waals surface area contributed by atoms with E-state index in [-0.39, 0.29) is 19.4 Å². The molecule has 54 heavy (non-hydrogen) atoms. The van der Waals surface area contributed by atoms with Crippen LogP contribution >= 0.6 is 7.82 Å². The number of rotatable bonds is 38. The second kappa shape index (κ2) is 37.1. The summed E-state index contributed by atoms with van der Waals surface area (Å²) >= 11 is 0. The Morgan fingerprint density at radius 1 is 0.630 bits per heavy atom.